The number of carbonyl (C=O) groups excluding carboxylic acids is 1. The van der Waals surface area contributed by atoms with Gasteiger partial charge in [-0.2, -0.15) is 0 Å². The first-order valence-corrected chi connectivity index (χ1v) is 13.1. The minimum atomic E-state index is -0.500. The Morgan fingerprint density at radius 2 is 1.97 bits per heavy atom. The van der Waals surface area contributed by atoms with Crippen LogP contribution in [-0.2, 0) is 33.7 Å². The summed E-state index contributed by atoms with van der Waals surface area (Å²) in [6, 6.07) is 2.16. The molecular formula is C30H41FN2O4. The minimum Gasteiger partial charge on any atom is -0.490 e. The summed E-state index contributed by atoms with van der Waals surface area (Å²) in [7, 11) is 1.38. The maximum Gasteiger partial charge on any atom is 0.310 e. The van der Waals surface area contributed by atoms with Crippen molar-refractivity contribution in [1.29, 1.82) is 0 Å². The number of nitrogens with zero attached hydrogens (tertiary/aromatic N) is 2. The number of aliphatic hydroxyl groups is 1. The maximum atomic E-state index is 15.4. The zero-order valence-electron chi connectivity index (χ0n) is 23.3. The van der Waals surface area contributed by atoms with Gasteiger partial charge >= 0.3 is 5.97 Å². The van der Waals surface area contributed by atoms with Gasteiger partial charge in [-0.3, -0.25) is 4.79 Å². The summed E-state index contributed by atoms with van der Waals surface area (Å²) in [4.78, 5) is 17.1. The van der Waals surface area contributed by atoms with E-state index in [0.717, 1.165) is 77.6 Å². The Labute approximate surface area is 219 Å². The van der Waals surface area contributed by atoms with Gasteiger partial charge in [0.25, 0.3) is 0 Å². The summed E-state index contributed by atoms with van der Waals surface area (Å²) in [6.07, 6.45) is 8.52. The van der Waals surface area contributed by atoms with E-state index in [1.165, 1.54) is 18.9 Å². The number of allylic oxidation sites excluding steroid dienone is 5. The molecule has 37 heavy (non-hydrogen) atoms. The lowest BCUT2D eigenvalue weighted by molar-refractivity contribution is -0.139. The van der Waals surface area contributed by atoms with Gasteiger partial charge in [-0.05, 0) is 108 Å². The van der Waals surface area contributed by atoms with E-state index >= 15 is 4.39 Å². The average molecular weight is 513 g/mol. The monoisotopic (exact) mass is 512 g/mol. The normalized spacial score (nSPS) is 18.6. The molecule has 0 atom stereocenters. The van der Waals surface area contributed by atoms with Crippen LogP contribution in [0, 0.1) is 6.92 Å². The summed E-state index contributed by atoms with van der Waals surface area (Å²) >= 11 is 0. The number of pyridine rings is 1. The van der Waals surface area contributed by atoms with Crippen molar-refractivity contribution in [3.63, 3.8) is 0 Å². The molecule has 1 N–H and O–H groups in total. The van der Waals surface area contributed by atoms with E-state index in [-0.39, 0.29) is 18.2 Å². The van der Waals surface area contributed by atoms with Crippen LogP contribution in [0.3, 0.4) is 0 Å². The fourth-order valence-electron chi connectivity index (χ4n) is 4.85. The molecule has 0 aromatic carbocycles. The molecule has 0 aliphatic carbocycles. The lowest BCUT2D eigenvalue weighted by atomic mass is 9.94. The smallest absolute Gasteiger partial charge is 0.310 e. The number of halogens is 1. The van der Waals surface area contributed by atoms with Crippen LogP contribution in [0.25, 0.3) is 16.6 Å². The second kappa shape index (κ2) is 12.1. The lowest BCUT2D eigenvalue weighted by Crippen LogP contribution is -2.12. The maximum absolute atomic E-state index is 15.4. The highest BCUT2D eigenvalue weighted by Gasteiger charge is 2.23. The van der Waals surface area contributed by atoms with E-state index in [4.69, 9.17) is 19.6 Å². The first-order valence-electron chi connectivity index (χ1n) is 13.1. The number of fused-ring (bicyclic) bond motifs is 3. The van der Waals surface area contributed by atoms with Crippen LogP contribution in [-0.4, -0.2) is 39.9 Å². The molecule has 2 aromatic rings. The summed E-state index contributed by atoms with van der Waals surface area (Å²) in [6.45, 7) is 12.4. The van der Waals surface area contributed by atoms with Crippen LogP contribution in [0.15, 0.2) is 35.4 Å². The fourth-order valence-corrected chi connectivity index (χ4v) is 4.85. The van der Waals surface area contributed by atoms with Gasteiger partial charge in [-0.15, -0.1) is 0 Å². The predicted octanol–water partition coefficient (Wildman–Crippen LogP) is 6.51. The average Bonchev–Trinajstić information content (AvgIpc) is 3.20. The van der Waals surface area contributed by atoms with Crippen molar-refractivity contribution in [3.05, 3.63) is 57.9 Å². The van der Waals surface area contributed by atoms with Crippen molar-refractivity contribution in [2.75, 3.05) is 13.7 Å². The summed E-state index contributed by atoms with van der Waals surface area (Å²) in [5.74, 6) is -0.394. The second-order valence-electron chi connectivity index (χ2n) is 10.7. The van der Waals surface area contributed by atoms with E-state index < -0.39 is 5.60 Å². The van der Waals surface area contributed by atoms with E-state index in [0.29, 0.717) is 12.4 Å². The molecule has 202 valence electrons. The van der Waals surface area contributed by atoms with Crippen LogP contribution in [0.5, 0.6) is 0 Å². The number of carbonyl (C=O) groups is 1. The summed E-state index contributed by atoms with van der Waals surface area (Å²) in [5, 5.41) is 9.49. The van der Waals surface area contributed by atoms with Crippen molar-refractivity contribution in [3.8, 4) is 0 Å². The van der Waals surface area contributed by atoms with E-state index in [9.17, 15) is 4.79 Å². The Hall–Kier alpha value is -2.93. The highest BCUT2D eigenvalue weighted by atomic mass is 19.1. The molecule has 6 nitrogen and oxygen atoms in total. The van der Waals surface area contributed by atoms with Crippen LogP contribution in [0.2, 0.25) is 0 Å². The third-order valence-electron chi connectivity index (χ3n) is 6.48. The molecule has 2 aliphatic heterocycles. The number of aryl methyl sites for hydroxylation is 3. The largest absolute Gasteiger partial charge is 0.490 e. The van der Waals surface area contributed by atoms with Gasteiger partial charge in [0.1, 0.15) is 5.65 Å². The van der Waals surface area contributed by atoms with Crippen molar-refractivity contribution in [2.24, 2.45) is 0 Å². The third-order valence-corrected chi connectivity index (χ3v) is 6.48. The van der Waals surface area contributed by atoms with Gasteiger partial charge in [-0.1, -0.05) is 6.08 Å². The van der Waals surface area contributed by atoms with Gasteiger partial charge in [0, 0.05) is 23.3 Å². The van der Waals surface area contributed by atoms with Crippen LogP contribution in [0.1, 0.15) is 82.8 Å². The predicted molar refractivity (Wildman–Crippen MR) is 146 cm³/mol. The molecule has 4 rings (SSSR count). The van der Waals surface area contributed by atoms with Crippen LogP contribution >= 0.6 is 0 Å². The highest BCUT2D eigenvalue weighted by molar-refractivity contribution is 5.94. The molecule has 1 saturated heterocycles. The molecule has 0 saturated carbocycles. The highest BCUT2D eigenvalue weighted by Crippen LogP contribution is 2.36. The van der Waals surface area contributed by atoms with Gasteiger partial charge < -0.3 is 19.1 Å². The quantitative estimate of drug-likeness (QED) is 0.473. The number of ether oxygens (including phenoxy) is 2. The van der Waals surface area contributed by atoms with Gasteiger partial charge in [0.15, 0.2) is 11.6 Å². The number of rotatable bonds is 4. The molecule has 0 unspecified atom stereocenters. The molecule has 2 aliphatic rings. The molecule has 7 heteroatoms. The number of hydrogen-bond donors (Lipinski definition) is 1. The van der Waals surface area contributed by atoms with Crippen molar-refractivity contribution in [2.45, 2.75) is 92.2 Å². The van der Waals surface area contributed by atoms with E-state index in [2.05, 4.69) is 10.6 Å². The topological polar surface area (TPSA) is 73.6 Å². The van der Waals surface area contributed by atoms with Crippen LogP contribution in [0.4, 0.5) is 4.39 Å². The number of hydrogen-bond acceptors (Lipinski definition) is 5. The zero-order chi connectivity index (χ0) is 27.3. The van der Waals surface area contributed by atoms with Crippen LogP contribution < -0.4 is 0 Å². The fraction of sp³-hybridized carbons (Fsp3) is 0.533. The molecule has 2 aromatic heterocycles. The van der Waals surface area contributed by atoms with Crippen molar-refractivity contribution < 1.29 is 23.8 Å². The van der Waals surface area contributed by atoms with Gasteiger partial charge in [-0.25, -0.2) is 9.37 Å². The number of methoxy groups -OCH3 is 1. The van der Waals surface area contributed by atoms with Crippen molar-refractivity contribution >= 4 is 22.6 Å². The van der Waals surface area contributed by atoms with E-state index in [1.54, 1.807) is 20.8 Å². The standard InChI is InChI=1S/C26H31FN2O3.C4H10O/c1-5-18-9-8-12-32-25(18)22(27)13-16(2)24-20(15-23(30)31-4)17(3)28-26-21(24)14-19-10-6-7-11-29(19)26;1-4(2,3)5/h5,13-14H,6-12,15H2,1-4H3;5H,1-3H3/b16-13+,18-5+,25-22-;. The Bertz CT molecular complexity index is 1240. The first-order chi connectivity index (χ1) is 17.4. The Kier molecular flexibility index (Phi) is 9.35. The van der Waals surface area contributed by atoms with Crippen molar-refractivity contribution in [1.82, 2.24) is 9.55 Å². The molecule has 0 bridgehead atoms. The number of esters is 1. The molecule has 0 spiro atoms. The molecular weight excluding hydrogens is 471 g/mol. The minimum absolute atomic E-state index is 0.0983. The Balaban J connectivity index is 0.000000695. The zero-order valence-corrected chi connectivity index (χ0v) is 23.3. The van der Waals surface area contributed by atoms with Gasteiger partial charge in [0.05, 0.1) is 25.7 Å². The lowest BCUT2D eigenvalue weighted by Gasteiger charge is -2.20. The molecule has 1 fully saturated rings. The second-order valence-corrected chi connectivity index (χ2v) is 10.7. The Morgan fingerprint density at radius 3 is 2.62 bits per heavy atom. The SMILES string of the molecule is CC(C)(C)O.C\C=C1/CCCO/C1=C(F)/C=C(\C)c1c(CC(=O)OC)c(C)nc2c1cc1n2CCCC1. The molecule has 0 amide bonds. The molecule has 4 heterocycles. The Morgan fingerprint density at radius 1 is 1.27 bits per heavy atom. The summed E-state index contributed by atoms with van der Waals surface area (Å²) < 4.78 is 28.3. The van der Waals surface area contributed by atoms with Gasteiger partial charge in [0.2, 0.25) is 0 Å². The number of aromatic nitrogens is 2. The summed E-state index contributed by atoms with van der Waals surface area (Å²) in [5.41, 5.74) is 5.72. The third kappa shape index (κ3) is 7.10. The first kappa shape index (κ1) is 28.6. The molecule has 0 radical (unpaired) electrons. The van der Waals surface area contributed by atoms with E-state index in [1.807, 2.05) is 26.8 Å².